The molecule has 4 heteroatoms. The minimum atomic E-state index is -0.329. The standard InChI is InChI=1S/C12H13BrN2O/c1-12(2)10(11(16)14-15-12)7-8-3-5-9(13)6-4-8/h3-7,15H,1-2H3,(H,14,16)/b10-7+. The van der Waals surface area contributed by atoms with E-state index >= 15 is 0 Å². The average molecular weight is 281 g/mol. The van der Waals surface area contributed by atoms with E-state index in [9.17, 15) is 4.79 Å². The molecule has 0 bridgehead atoms. The molecule has 2 N–H and O–H groups in total. The quantitative estimate of drug-likeness (QED) is 0.775. The van der Waals surface area contributed by atoms with E-state index in [0.717, 1.165) is 15.6 Å². The van der Waals surface area contributed by atoms with Crippen LogP contribution in [0.2, 0.25) is 0 Å². The number of hydrogen-bond donors (Lipinski definition) is 2. The Morgan fingerprint density at radius 3 is 2.38 bits per heavy atom. The van der Waals surface area contributed by atoms with Gasteiger partial charge in [-0.1, -0.05) is 28.1 Å². The van der Waals surface area contributed by atoms with E-state index in [2.05, 4.69) is 26.8 Å². The van der Waals surface area contributed by atoms with Crippen molar-refractivity contribution >= 4 is 27.9 Å². The maximum Gasteiger partial charge on any atom is 0.263 e. The van der Waals surface area contributed by atoms with Gasteiger partial charge in [0.1, 0.15) is 0 Å². The van der Waals surface area contributed by atoms with Crippen molar-refractivity contribution in [3.05, 3.63) is 39.9 Å². The normalized spacial score (nSPS) is 21.2. The molecule has 0 spiro atoms. The van der Waals surface area contributed by atoms with Crippen LogP contribution in [0.5, 0.6) is 0 Å². The molecule has 0 unspecified atom stereocenters. The van der Waals surface area contributed by atoms with Gasteiger partial charge in [-0.15, -0.1) is 0 Å². The van der Waals surface area contributed by atoms with Crippen LogP contribution < -0.4 is 10.9 Å². The summed E-state index contributed by atoms with van der Waals surface area (Å²) in [5.41, 5.74) is 7.01. The lowest BCUT2D eigenvalue weighted by atomic mass is 9.94. The number of hydrogen-bond acceptors (Lipinski definition) is 2. The van der Waals surface area contributed by atoms with Crippen LogP contribution in [0.15, 0.2) is 34.3 Å². The first-order chi connectivity index (χ1) is 7.49. The van der Waals surface area contributed by atoms with Gasteiger partial charge in [-0.25, -0.2) is 5.43 Å². The van der Waals surface area contributed by atoms with Gasteiger partial charge in [-0.3, -0.25) is 10.2 Å². The molecule has 0 atom stereocenters. The summed E-state index contributed by atoms with van der Waals surface area (Å²) in [6.07, 6.45) is 1.90. The maximum absolute atomic E-state index is 11.6. The Kier molecular flexibility index (Phi) is 2.86. The first-order valence-corrected chi connectivity index (χ1v) is 5.83. The number of rotatable bonds is 1. The highest BCUT2D eigenvalue weighted by Gasteiger charge is 2.34. The third kappa shape index (κ3) is 2.18. The van der Waals surface area contributed by atoms with Gasteiger partial charge in [0.15, 0.2) is 0 Å². The van der Waals surface area contributed by atoms with Crippen molar-refractivity contribution < 1.29 is 4.79 Å². The van der Waals surface area contributed by atoms with E-state index in [1.54, 1.807) is 0 Å². The van der Waals surface area contributed by atoms with Crippen LogP contribution in [0.3, 0.4) is 0 Å². The molecule has 0 radical (unpaired) electrons. The second-order valence-electron chi connectivity index (χ2n) is 4.31. The average Bonchev–Trinajstić information content (AvgIpc) is 2.48. The third-order valence-corrected chi connectivity index (χ3v) is 3.12. The van der Waals surface area contributed by atoms with E-state index < -0.39 is 0 Å². The summed E-state index contributed by atoms with van der Waals surface area (Å²) in [7, 11) is 0. The smallest absolute Gasteiger partial charge is 0.263 e. The number of carbonyl (C=O) groups is 1. The number of halogens is 1. The Morgan fingerprint density at radius 1 is 1.25 bits per heavy atom. The van der Waals surface area contributed by atoms with E-state index in [-0.39, 0.29) is 11.4 Å². The molecule has 84 valence electrons. The second kappa shape index (κ2) is 4.03. The zero-order chi connectivity index (χ0) is 11.8. The summed E-state index contributed by atoms with van der Waals surface area (Å²) in [5, 5.41) is 0. The van der Waals surface area contributed by atoms with E-state index in [0.29, 0.717) is 0 Å². The molecule has 0 aliphatic carbocycles. The van der Waals surface area contributed by atoms with Gasteiger partial charge < -0.3 is 0 Å². The van der Waals surface area contributed by atoms with E-state index in [4.69, 9.17) is 0 Å². The van der Waals surface area contributed by atoms with Crippen LogP contribution in [-0.4, -0.2) is 11.4 Å². The van der Waals surface area contributed by atoms with Crippen molar-refractivity contribution in [3.63, 3.8) is 0 Å². The van der Waals surface area contributed by atoms with Gasteiger partial charge in [0.05, 0.1) is 5.54 Å². The second-order valence-corrected chi connectivity index (χ2v) is 5.23. The number of nitrogens with one attached hydrogen (secondary N) is 2. The highest BCUT2D eigenvalue weighted by molar-refractivity contribution is 9.10. The molecule has 0 aromatic heterocycles. The first-order valence-electron chi connectivity index (χ1n) is 5.04. The van der Waals surface area contributed by atoms with Crippen molar-refractivity contribution in [2.45, 2.75) is 19.4 Å². The summed E-state index contributed by atoms with van der Waals surface area (Å²) in [6, 6.07) is 7.86. The van der Waals surface area contributed by atoms with Crippen LogP contribution in [-0.2, 0) is 4.79 Å². The minimum Gasteiger partial charge on any atom is -0.287 e. The fourth-order valence-corrected chi connectivity index (χ4v) is 1.87. The Hall–Kier alpha value is -1.13. The highest BCUT2D eigenvalue weighted by Crippen LogP contribution is 2.23. The van der Waals surface area contributed by atoms with Crippen molar-refractivity contribution in [1.82, 2.24) is 10.9 Å². The number of carbonyl (C=O) groups excluding carboxylic acids is 1. The van der Waals surface area contributed by atoms with Gasteiger partial charge >= 0.3 is 0 Å². The number of benzene rings is 1. The number of hydrazine groups is 1. The molecule has 1 aromatic rings. The fraction of sp³-hybridized carbons (Fsp3) is 0.250. The van der Waals surface area contributed by atoms with Crippen LogP contribution in [0.4, 0.5) is 0 Å². The van der Waals surface area contributed by atoms with Gasteiger partial charge in [0, 0.05) is 10.0 Å². The zero-order valence-electron chi connectivity index (χ0n) is 9.17. The highest BCUT2D eigenvalue weighted by atomic mass is 79.9. The predicted molar refractivity (Wildman–Crippen MR) is 67.5 cm³/mol. The fourth-order valence-electron chi connectivity index (χ4n) is 1.60. The summed E-state index contributed by atoms with van der Waals surface area (Å²) < 4.78 is 1.03. The van der Waals surface area contributed by atoms with Crippen molar-refractivity contribution in [2.24, 2.45) is 0 Å². The molecule has 1 saturated heterocycles. The molecular formula is C12H13BrN2O. The SMILES string of the molecule is CC1(C)NNC(=O)/C1=C\c1ccc(Br)cc1. The Bertz CT molecular complexity index is 449. The predicted octanol–water partition coefficient (Wildman–Crippen LogP) is 2.25. The third-order valence-electron chi connectivity index (χ3n) is 2.59. The van der Waals surface area contributed by atoms with Crippen molar-refractivity contribution in [3.8, 4) is 0 Å². The van der Waals surface area contributed by atoms with Gasteiger partial charge in [-0.2, -0.15) is 0 Å². The minimum absolute atomic E-state index is 0.0621. The largest absolute Gasteiger partial charge is 0.287 e. The van der Waals surface area contributed by atoms with Gasteiger partial charge in [-0.05, 0) is 37.6 Å². The van der Waals surface area contributed by atoms with E-state index in [1.165, 1.54) is 0 Å². The molecule has 1 amide bonds. The molecule has 3 nitrogen and oxygen atoms in total. The molecule has 16 heavy (non-hydrogen) atoms. The van der Waals surface area contributed by atoms with Crippen LogP contribution in [0, 0.1) is 0 Å². The van der Waals surface area contributed by atoms with Crippen LogP contribution in [0.25, 0.3) is 6.08 Å². The molecule has 1 aliphatic rings. The Morgan fingerprint density at radius 2 is 1.88 bits per heavy atom. The topological polar surface area (TPSA) is 41.1 Å². The number of amides is 1. The molecule has 1 heterocycles. The lowest BCUT2D eigenvalue weighted by Crippen LogP contribution is -2.38. The van der Waals surface area contributed by atoms with Crippen LogP contribution >= 0.6 is 15.9 Å². The van der Waals surface area contributed by atoms with Gasteiger partial charge in [0.2, 0.25) is 0 Å². The molecule has 1 aromatic carbocycles. The molecule has 1 aliphatic heterocycles. The monoisotopic (exact) mass is 280 g/mol. The first kappa shape index (κ1) is 11.4. The summed E-state index contributed by atoms with van der Waals surface area (Å²) in [6.45, 7) is 3.94. The maximum atomic E-state index is 11.6. The van der Waals surface area contributed by atoms with Crippen LogP contribution in [0.1, 0.15) is 19.4 Å². The Balaban J connectivity index is 2.36. The Labute approximate surface area is 103 Å². The molecule has 1 fully saturated rings. The summed E-state index contributed by atoms with van der Waals surface area (Å²) in [4.78, 5) is 11.6. The zero-order valence-corrected chi connectivity index (χ0v) is 10.8. The summed E-state index contributed by atoms with van der Waals surface area (Å²) >= 11 is 3.38. The van der Waals surface area contributed by atoms with Gasteiger partial charge in [0.25, 0.3) is 5.91 Å². The summed E-state index contributed by atoms with van der Waals surface area (Å²) in [5.74, 6) is -0.0621. The molecule has 0 saturated carbocycles. The van der Waals surface area contributed by atoms with Crippen molar-refractivity contribution in [2.75, 3.05) is 0 Å². The lowest BCUT2D eigenvalue weighted by Gasteiger charge is -2.16. The van der Waals surface area contributed by atoms with E-state index in [1.807, 2.05) is 44.2 Å². The molecule has 2 rings (SSSR count). The lowest BCUT2D eigenvalue weighted by molar-refractivity contribution is -0.116. The molecular weight excluding hydrogens is 268 g/mol. The van der Waals surface area contributed by atoms with Crippen molar-refractivity contribution in [1.29, 1.82) is 0 Å².